The molecule has 0 N–H and O–H groups in total. The molecule has 0 aromatic carbocycles. The average Bonchev–Trinajstić information content (AvgIpc) is 2.59. The van der Waals surface area contributed by atoms with Crippen molar-refractivity contribution in [2.75, 3.05) is 39.5 Å². The second-order valence-corrected chi connectivity index (χ2v) is 8.70. The zero-order chi connectivity index (χ0) is 18.3. The Morgan fingerprint density at radius 1 is 1.00 bits per heavy atom. The van der Waals surface area contributed by atoms with Crippen LogP contribution in [0.2, 0.25) is 0 Å². The normalized spacial score (nSPS) is 22.2. The van der Waals surface area contributed by atoms with Gasteiger partial charge < -0.3 is 14.4 Å². The van der Waals surface area contributed by atoms with Crippen molar-refractivity contribution in [3.63, 3.8) is 0 Å². The number of hydrogen-bond acceptors (Lipinski definition) is 4. The maximum absolute atomic E-state index is 12.2. The first-order valence-corrected chi connectivity index (χ1v) is 10.4. The lowest BCUT2D eigenvalue weighted by Gasteiger charge is -2.46. The lowest BCUT2D eigenvalue weighted by molar-refractivity contribution is -0.128. The van der Waals surface area contributed by atoms with E-state index in [9.17, 15) is 4.79 Å². The van der Waals surface area contributed by atoms with Gasteiger partial charge in [0.25, 0.3) is 0 Å². The van der Waals surface area contributed by atoms with Crippen LogP contribution in [0.3, 0.4) is 0 Å². The smallest absolute Gasteiger partial charge is 0.138 e. The van der Waals surface area contributed by atoms with E-state index in [2.05, 4.69) is 18.7 Å². The minimum Gasteiger partial charge on any atom is -0.378 e. The van der Waals surface area contributed by atoms with E-state index < -0.39 is 0 Å². The molecule has 2 fully saturated rings. The number of carbonyl (C=O) groups is 1. The average molecular weight is 354 g/mol. The first kappa shape index (κ1) is 20.9. The highest BCUT2D eigenvalue weighted by Gasteiger charge is 2.39. The summed E-state index contributed by atoms with van der Waals surface area (Å²) < 4.78 is 11.2. The van der Waals surface area contributed by atoms with Crippen LogP contribution in [-0.4, -0.2) is 56.2 Å². The number of hydrogen-bond donors (Lipinski definition) is 0. The predicted molar refractivity (Wildman–Crippen MR) is 102 cm³/mol. The molecular formula is C21H39NO3. The molecule has 2 aliphatic rings. The highest BCUT2D eigenvalue weighted by molar-refractivity contribution is 5.82. The van der Waals surface area contributed by atoms with E-state index in [-0.39, 0.29) is 12.0 Å². The van der Waals surface area contributed by atoms with Gasteiger partial charge in [0, 0.05) is 18.4 Å². The van der Waals surface area contributed by atoms with Crippen molar-refractivity contribution in [1.82, 2.24) is 4.90 Å². The maximum atomic E-state index is 12.2. The van der Waals surface area contributed by atoms with Crippen LogP contribution >= 0.6 is 0 Å². The number of ketones is 1. The van der Waals surface area contributed by atoms with Crippen molar-refractivity contribution in [2.24, 2.45) is 17.3 Å². The summed E-state index contributed by atoms with van der Waals surface area (Å²) in [7, 11) is 0. The third-order valence-corrected chi connectivity index (χ3v) is 6.17. The third-order valence-electron chi connectivity index (χ3n) is 6.17. The molecule has 1 spiro atoms. The predicted octanol–water partition coefficient (Wildman–Crippen LogP) is 3.93. The molecule has 0 aromatic heterocycles. The number of piperidine rings is 1. The van der Waals surface area contributed by atoms with Crippen LogP contribution < -0.4 is 0 Å². The number of Topliss-reactive ketones (excluding diaryl/α,β-unsaturated/α-hetero) is 1. The second kappa shape index (κ2) is 10.0. The molecule has 2 rings (SSSR count). The van der Waals surface area contributed by atoms with E-state index in [0.717, 1.165) is 26.0 Å². The monoisotopic (exact) mass is 353 g/mol. The molecule has 0 amide bonds. The summed E-state index contributed by atoms with van der Waals surface area (Å²) in [5.41, 5.74) is 0.524. The summed E-state index contributed by atoms with van der Waals surface area (Å²) in [5.74, 6) is 1.03. The van der Waals surface area contributed by atoms with Crippen LogP contribution in [-0.2, 0) is 14.3 Å². The standard InChI is InChI=1S/C21H39NO3/c1-17(2)20(23)19-5-7-21(8-6-19)9-11-22(12-10-21)13-14-24-15-16-25-18(3)4/h17-19H,5-16H2,1-4H3. The number of ether oxygens (including phenoxy) is 2. The summed E-state index contributed by atoms with van der Waals surface area (Å²) >= 11 is 0. The maximum Gasteiger partial charge on any atom is 0.138 e. The molecule has 0 unspecified atom stereocenters. The van der Waals surface area contributed by atoms with E-state index in [1.165, 1.54) is 38.8 Å². The van der Waals surface area contributed by atoms with E-state index in [4.69, 9.17) is 9.47 Å². The topological polar surface area (TPSA) is 38.8 Å². The van der Waals surface area contributed by atoms with Crippen LogP contribution in [0.25, 0.3) is 0 Å². The zero-order valence-electron chi connectivity index (χ0n) is 16.9. The number of rotatable bonds is 9. The SMILES string of the molecule is CC(C)OCCOCCN1CCC2(CCC(C(=O)C(C)C)CC2)CC1. The molecule has 25 heavy (non-hydrogen) atoms. The van der Waals surface area contributed by atoms with Crippen LogP contribution in [0.4, 0.5) is 0 Å². The fourth-order valence-electron chi connectivity index (χ4n) is 4.38. The Hall–Kier alpha value is -0.450. The summed E-state index contributed by atoms with van der Waals surface area (Å²) in [4.78, 5) is 14.8. The summed E-state index contributed by atoms with van der Waals surface area (Å²) in [5, 5.41) is 0. The molecule has 0 aromatic rings. The number of likely N-dealkylation sites (tertiary alicyclic amines) is 1. The van der Waals surface area contributed by atoms with Gasteiger partial charge in [-0.2, -0.15) is 0 Å². The molecule has 0 atom stereocenters. The second-order valence-electron chi connectivity index (χ2n) is 8.70. The Morgan fingerprint density at radius 3 is 2.20 bits per heavy atom. The first-order valence-electron chi connectivity index (χ1n) is 10.4. The molecule has 0 bridgehead atoms. The van der Waals surface area contributed by atoms with Crippen LogP contribution in [0.1, 0.15) is 66.2 Å². The van der Waals surface area contributed by atoms with Crippen molar-refractivity contribution in [1.29, 1.82) is 0 Å². The minimum atomic E-state index is 0.201. The molecule has 1 saturated heterocycles. The third kappa shape index (κ3) is 6.65. The number of carbonyl (C=O) groups excluding carboxylic acids is 1. The quantitative estimate of drug-likeness (QED) is 0.589. The van der Waals surface area contributed by atoms with E-state index >= 15 is 0 Å². The van der Waals surface area contributed by atoms with E-state index in [1.807, 2.05) is 13.8 Å². The molecule has 146 valence electrons. The van der Waals surface area contributed by atoms with Gasteiger partial charge in [0.2, 0.25) is 0 Å². The highest BCUT2D eigenvalue weighted by Crippen LogP contribution is 2.46. The number of nitrogens with zero attached hydrogens (tertiary/aromatic N) is 1. The van der Waals surface area contributed by atoms with Crippen molar-refractivity contribution < 1.29 is 14.3 Å². The van der Waals surface area contributed by atoms with Gasteiger partial charge in [-0.25, -0.2) is 0 Å². The van der Waals surface area contributed by atoms with Crippen molar-refractivity contribution in [2.45, 2.75) is 72.3 Å². The molecule has 0 radical (unpaired) electrons. The first-order chi connectivity index (χ1) is 11.9. The van der Waals surface area contributed by atoms with Crippen LogP contribution in [0.15, 0.2) is 0 Å². The summed E-state index contributed by atoms with van der Waals surface area (Å²) in [6.07, 6.45) is 7.64. The molecule has 1 heterocycles. The lowest BCUT2D eigenvalue weighted by atomic mass is 9.64. The summed E-state index contributed by atoms with van der Waals surface area (Å²) in [6.45, 7) is 13.8. The summed E-state index contributed by atoms with van der Waals surface area (Å²) in [6, 6.07) is 0. The fraction of sp³-hybridized carbons (Fsp3) is 0.952. The Balaban J connectivity index is 1.59. The van der Waals surface area contributed by atoms with Crippen molar-refractivity contribution in [3.8, 4) is 0 Å². The van der Waals surface area contributed by atoms with E-state index in [0.29, 0.717) is 30.3 Å². The van der Waals surface area contributed by atoms with Gasteiger partial charge in [-0.05, 0) is 70.9 Å². The fourth-order valence-corrected chi connectivity index (χ4v) is 4.38. The molecular weight excluding hydrogens is 314 g/mol. The Kier molecular flexibility index (Phi) is 8.37. The lowest BCUT2D eigenvalue weighted by Crippen LogP contribution is -2.43. The van der Waals surface area contributed by atoms with Crippen LogP contribution in [0, 0.1) is 17.3 Å². The Bertz CT molecular complexity index is 390. The van der Waals surface area contributed by atoms with Crippen molar-refractivity contribution >= 4 is 5.78 Å². The van der Waals surface area contributed by atoms with Crippen molar-refractivity contribution in [3.05, 3.63) is 0 Å². The van der Waals surface area contributed by atoms with Gasteiger partial charge in [-0.1, -0.05) is 13.8 Å². The van der Waals surface area contributed by atoms with Gasteiger partial charge in [0.1, 0.15) is 5.78 Å². The zero-order valence-corrected chi connectivity index (χ0v) is 16.9. The van der Waals surface area contributed by atoms with Gasteiger partial charge in [-0.3, -0.25) is 4.79 Å². The largest absolute Gasteiger partial charge is 0.378 e. The minimum absolute atomic E-state index is 0.201. The Morgan fingerprint density at radius 2 is 1.64 bits per heavy atom. The molecule has 1 saturated carbocycles. The van der Waals surface area contributed by atoms with Gasteiger partial charge >= 0.3 is 0 Å². The van der Waals surface area contributed by atoms with Crippen LogP contribution in [0.5, 0.6) is 0 Å². The highest BCUT2D eigenvalue weighted by atomic mass is 16.5. The van der Waals surface area contributed by atoms with E-state index in [1.54, 1.807) is 0 Å². The molecule has 1 aliphatic heterocycles. The molecule has 1 aliphatic carbocycles. The van der Waals surface area contributed by atoms with Gasteiger partial charge in [0.15, 0.2) is 0 Å². The Labute approximate surface area is 154 Å². The van der Waals surface area contributed by atoms with Gasteiger partial charge in [0.05, 0.1) is 25.9 Å². The molecule has 4 heteroatoms. The van der Waals surface area contributed by atoms with Gasteiger partial charge in [-0.15, -0.1) is 0 Å². The molecule has 4 nitrogen and oxygen atoms in total.